The molecule has 0 saturated heterocycles. The van der Waals surface area contributed by atoms with Crippen molar-refractivity contribution in [3.8, 4) is 11.5 Å². The van der Waals surface area contributed by atoms with Gasteiger partial charge in [-0.1, -0.05) is 12.6 Å². The minimum Gasteiger partial charge on any atom is -0.361 e. The number of pyridine rings is 2. The fourth-order valence-electron chi connectivity index (χ4n) is 1.21. The van der Waals surface area contributed by atoms with Crippen LogP contribution in [0.5, 0.6) is 0 Å². The molecule has 0 spiro atoms. The highest BCUT2D eigenvalue weighted by Crippen LogP contribution is 2.13. The molecule has 3 aromatic rings. The molecule has 0 aliphatic carbocycles. The van der Waals surface area contributed by atoms with Gasteiger partial charge in [0.1, 0.15) is 11.9 Å². The smallest absolute Gasteiger partial charge is 0.269 e. The number of aromatic amines is 1. The fourth-order valence-corrected chi connectivity index (χ4v) is 1.68. The molecule has 0 saturated carbocycles. The van der Waals surface area contributed by atoms with Gasteiger partial charge in [0.15, 0.2) is 0 Å². The van der Waals surface area contributed by atoms with Crippen molar-refractivity contribution in [3.05, 3.63) is 57.0 Å². The third kappa shape index (κ3) is 4.70. The number of hydrogen-bond donors (Lipinski definition) is 1. The van der Waals surface area contributed by atoms with Crippen LogP contribution in [0.15, 0.2) is 45.6 Å². The third-order valence-corrected chi connectivity index (χ3v) is 3.07. The molecule has 3 rings (SSSR count). The van der Waals surface area contributed by atoms with Crippen LogP contribution in [0.4, 0.5) is 5.82 Å². The van der Waals surface area contributed by atoms with Crippen LogP contribution in [-0.4, -0.2) is 30.6 Å². The van der Waals surface area contributed by atoms with E-state index in [1.54, 1.807) is 24.5 Å². The summed E-state index contributed by atoms with van der Waals surface area (Å²) < 4.78 is 1.82. The maximum atomic E-state index is 6.56. The normalized spacial score (nSPS) is 9.38. The molecule has 3 heterocycles. The number of nitrogens with zero attached hydrogens (tertiary/aromatic N) is 6. The molecule has 0 atom stereocenters. The van der Waals surface area contributed by atoms with E-state index in [1.165, 1.54) is 0 Å². The van der Waals surface area contributed by atoms with E-state index >= 15 is 0 Å². The van der Waals surface area contributed by atoms with Crippen molar-refractivity contribution in [2.45, 2.75) is 0 Å². The van der Waals surface area contributed by atoms with Crippen molar-refractivity contribution in [2.75, 3.05) is 0 Å². The maximum Gasteiger partial charge on any atom is 0.269 e. The Bertz CT molecular complexity index is 718. The summed E-state index contributed by atoms with van der Waals surface area (Å²) in [5, 5.41) is 13.4. The lowest BCUT2D eigenvalue weighted by atomic mass is 10.3. The monoisotopic (exact) mass is 407 g/mol. The first-order chi connectivity index (χ1) is 10.2. The van der Waals surface area contributed by atoms with Gasteiger partial charge in [-0.2, -0.15) is 5.21 Å². The minimum absolute atomic E-state index is 0.429. The second-order valence-electron chi connectivity index (χ2n) is 3.54. The number of rotatable bonds is 1. The van der Waals surface area contributed by atoms with Gasteiger partial charge >= 0.3 is 0 Å². The lowest BCUT2D eigenvalue weighted by Gasteiger charge is -1.91. The highest BCUT2D eigenvalue weighted by Gasteiger charge is 2.02. The Morgan fingerprint density at radius 1 is 1.00 bits per heavy atom. The Morgan fingerprint density at radius 3 is 2.19 bits per heavy atom. The fraction of sp³-hybridized carbons (Fsp3) is 0. The lowest BCUT2D eigenvalue weighted by molar-refractivity contribution is 0.881. The van der Waals surface area contributed by atoms with Crippen LogP contribution in [0, 0.1) is 6.57 Å². The van der Waals surface area contributed by atoms with Crippen LogP contribution < -0.4 is 0 Å². The van der Waals surface area contributed by atoms with Gasteiger partial charge < -0.3 is 4.85 Å². The average molecular weight is 409 g/mol. The van der Waals surface area contributed by atoms with Crippen LogP contribution in [0.1, 0.15) is 0 Å². The summed E-state index contributed by atoms with van der Waals surface area (Å²) in [4.78, 5) is 11.0. The van der Waals surface area contributed by atoms with Gasteiger partial charge in [0, 0.05) is 10.7 Å². The van der Waals surface area contributed by atoms with E-state index in [9.17, 15) is 0 Å². The molecule has 0 fully saturated rings. The van der Waals surface area contributed by atoms with Crippen LogP contribution in [0.2, 0.25) is 0 Å². The predicted molar refractivity (Wildman–Crippen MR) is 83.3 cm³/mol. The van der Waals surface area contributed by atoms with Crippen molar-refractivity contribution in [1.82, 2.24) is 30.6 Å². The Labute approximate surface area is 136 Å². The third-order valence-electron chi connectivity index (χ3n) is 2.13. The van der Waals surface area contributed by atoms with Crippen LogP contribution in [0.25, 0.3) is 16.4 Å². The van der Waals surface area contributed by atoms with Gasteiger partial charge in [-0.25, -0.2) is 0 Å². The zero-order valence-corrected chi connectivity index (χ0v) is 13.6. The minimum atomic E-state index is 0.429. The molecular formula is C12H7Br2N7. The molecule has 0 bridgehead atoms. The Morgan fingerprint density at radius 2 is 1.71 bits per heavy atom. The number of halogens is 2. The van der Waals surface area contributed by atoms with Crippen molar-refractivity contribution < 1.29 is 0 Å². The molecule has 3 aromatic heterocycles. The van der Waals surface area contributed by atoms with Gasteiger partial charge in [-0.3, -0.25) is 4.98 Å². The zero-order valence-electron chi connectivity index (χ0n) is 10.4. The molecule has 0 unspecified atom stereocenters. The Kier molecular flexibility index (Phi) is 5.48. The lowest BCUT2D eigenvalue weighted by Crippen LogP contribution is -1.84. The maximum absolute atomic E-state index is 6.56. The Balaban J connectivity index is 0.000000161. The van der Waals surface area contributed by atoms with Crippen LogP contribution in [0.3, 0.4) is 0 Å². The Hall–Kier alpha value is -2.18. The zero-order chi connectivity index (χ0) is 15.1. The number of aromatic nitrogens is 6. The molecule has 7 nitrogen and oxygen atoms in total. The van der Waals surface area contributed by atoms with E-state index < -0.39 is 0 Å². The summed E-state index contributed by atoms with van der Waals surface area (Å²) in [6.07, 6.45) is 3.29. The molecule has 0 amide bonds. The van der Waals surface area contributed by atoms with Gasteiger partial charge in [0.05, 0.1) is 4.47 Å². The number of tetrazole rings is 1. The molecule has 0 aliphatic heterocycles. The van der Waals surface area contributed by atoms with E-state index in [0.717, 1.165) is 8.95 Å². The van der Waals surface area contributed by atoms with Gasteiger partial charge in [-0.05, 0) is 55.3 Å². The topological polar surface area (TPSA) is 84.6 Å². The van der Waals surface area contributed by atoms with Crippen molar-refractivity contribution in [3.63, 3.8) is 0 Å². The molecule has 21 heavy (non-hydrogen) atoms. The summed E-state index contributed by atoms with van der Waals surface area (Å²) in [6.45, 7) is 6.56. The largest absolute Gasteiger partial charge is 0.361 e. The molecule has 0 aromatic carbocycles. The summed E-state index contributed by atoms with van der Waals surface area (Å²) >= 11 is 6.49. The molecule has 0 aliphatic rings. The first kappa shape index (κ1) is 15.2. The van der Waals surface area contributed by atoms with E-state index in [1.807, 2.05) is 12.1 Å². The van der Waals surface area contributed by atoms with E-state index in [4.69, 9.17) is 6.57 Å². The highest BCUT2D eigenvalue weighted by atomic mass is 79.9. The molecular weight excluding hydrogens is 402 g/mol. The van der Waals surface area contributed by atoms with Crippen molar-refractivity contribution >= 4 is 37.7 Å². The quantitative estimate of drug-likeness (QED) is 0.623. The van der Waals surface area contributed by atoms with E-state index in [0.29, 0.717) is 17.3 Å². The molecule has 9 heteroatoms. The summed E-state index contributed by atoms with van der Waals surface area (Å²) in [6, 6.07) is 7.14. The standard InChI is InChI=1S/C6H4BrN5.C6H3BrN2/c7-4-1-2-5(8-3-4)6-9-11-12-10-6;1-8-6-3-2-5(7)4-9-6/h1-3H,(H,9,10,11,12);2-4H. The molecule has 0 radical (unpaired) electrons. The van der Waals surface area contributed by atoms with Gasteiger partial charge in [0.25, 0.3) is 5.82 Å². The van der Waals surface area contributed by atoms with Gasteiger partial charge in [0.2, 0.25) is 5.82 Å². The second-order valence-corrected chi connectivity index (χ2v) is 5.37. The second kappa shape index (κ2) is 7.56. The number of H-pyrrole nitrogens is 1. The van der Waals surface area contributed by atoms with E-state index in [-0.39, 0.29) is 0 Å². The number of hydrogen-bond acceptors (Lipinski definition) is 5. The summed E-state index contributed by atoms with van der Waals surface area (Å²) in [5.74, 6) is 0.931. The van der Waals surface area contributed by atoms with Crippen LogP contribution >= 0.6 is 31.9 Å². The SMILES string of the molecule is Brc1ccc(-c2nn[nH]n2)nc1.[C-]#[N+]c1ccc(Br)cn1. The van der Waals surface area contributed by atoms with E-state index in [2.05, 4.69) is 67.3 Å². The van der Waals surface area contributed by atoms with Crippen LogP contribution in [-0.2, 0) is 0 Å². The van der Waals surface area contributed by atoms with Gasteiger partial charge in [-0.15, -0.1) is 15.2 Å². The van der Waals surface area contributed by atoms with Crippen molar-refractivity contribution in [1.29, 1.82) is 0 Å². The molecule has 104 valence electrons. The molecule has 1 N–H and O–H groups in total. The van der Waals surface area contributed by atoms with Crippen molar-refractivity contribution in [2.24, 2.45) is 0 Å². The predicted octanol–water partition coefficient (Wildman–Crippen LogP) is 3.42. The summed E-state index contributed by atoms with van der Waals surface area (Å²) in [7, 11) is 0. The first-order valence-electron chi connectivity index (χ1n) is 5.53. The highest BCUT2D eigenvalue weighted by molar-refractivity contribution is 9.10. The average Bonchev–Trinajstić information content (AvgIpc) is 3.04. The first-order valence-corrected chi connectivity index (χ1v) is 7.12. The summed E-state index contributed by atoms with van der Waals surface area (Å²) in [5.41, 5.74) is 0.701. The number of nitrogens with one attached hydrogen (secondary N) is 1.